The standard InChI is InChI=1S/C16H24N2O2/c1-11-7-13(9-17-14-5-6-14)8-12(2)16(11)20-10-15(19)18(3)4/h7-8,14,17H,5-6,9-10H2,1-4H3. The van der Waals surface area contributed by atoms with Crippen LogP contribution >= 0.6 is 0 Å². The molecule has 4 heteroatoms. The van der Waals surface area contributed by atoms with Crippen LogP contribution in [-0.4, -0.2) is 37.6 Å². The second kappa shape index (κ2) is 6.27. The number of carbonyl (C=O) groups is 1. The van der Waals surface area contributed by atoms with Crippen molar-refractivity contribution in [1.82, 2.24) is 10.2 Å². The maximum atomic E-state index is 11.6. The average molecular weight is 276 g/mol. The van der Waals surface area contributed by atoms with E-state index < -0.39 is 0 Å². The smallest absolute Gasteiger partial charge is 0.259 e. The van der Waals surface area contributed by atoms with E-state index in [2.05, 4.69) is 17.4 Å². The Morgan fingerprint density at radius 1 is 1.30 bits per heavy atom. The quantitative estimate of drug-likeness (QED) is 0.864. The molecule has 1 aliphatic rings. The van der Waals surface area contributed by atoms with Gasteiger partial charge in [0.1, 0.15) is 5.75 Å². The van der Waals surface area contributed by atoms with E-state index in [9.17, 15) is 4.79 Å². The molecule has 2 rings (SSSR count). The molecule has 0 aliphatic heterocycles. The predicted octanol–water partition coefficient (Wildman–Crippen LogP) is 2.02. The fourth-order valence-corrected chi connectivity index (χ4v) is 2.18. The number of hydrogen-bond acceptors (Lipinski definition) is 3. The third-order valence-electron chi connectivity index (χ3n) is 3.53. The van der Waals surface area contributed by atoms with Crippen LogP contribution in [0.5, 0.6) is 5.75 Å². The summed E-state index contributed by atoms with van der Waals surface area (Å²) in [5, 5.41) is 3.51. The zero-order valence-corrected chi connectivity index (χ0v) is 12.8. The van der Waals surface area contributed by atoms with Gasteiger partial charge < -0.3 is 15.0 Å². The number of carbonyl (C=O) groups excluding carboxylic acids is 1. The van der Waals surface area contributed by atoms with E-state index in [0.717, 1.165) is 23.4 Å². The Morgan fingerprint density at radius 2 is 1.90 bits per heavy atom. The van der Waals surface area contributed by atoms with Gasteiger partial charge in [-0.05, 0) is 43.4 Å². The third kappa shape index (κ3) is 3.97. The highest BCUT2D eigenvalue weighted by Gasteiger charge is 2.20. The monoisotopic (exact) mass is 276 g/mol. The van der Waals surface area contributed by atoms with E-state index in [4.69, 9.17) is 4.74 Å². The molecule has 0 heterocycles. The molecule has 0 unspecified atom stereocenters. The van der Waals surface area contributed by atoms with Crippen LogP contribution in [0.25, 0.3) is 0 Å². The maximum absolute atomic E-state index is 11.6. The Bertz CT molecular complexity index is 470. The molecule has 1 aliphatic carbocycles. The molecule has 0 spiro atoms. The van der Waals surface area contributed by atoms with Gasteiger partial charge in [-0.15, -0.1) is 0 Å². The Labute approximate surface area is 121 Å². The first-order valence-electron chi connectivity index (χ1n) is 7.14. The van der Waals surface area contributed by atoms with Crippen molar-refractivity contribution < 1.29 is 9.53 Å². The van der Waals surface area contributed by atoms with Crippen LogP contribution in [-0.2, 0) is 11.3 Å². The van der Waals surface area contributed by atoms with Crippen LogP contribution in [0.15, 0.2) is 12.1 Å². The molecule has 1 aromatic rings. The third-order valence-corrected chi connectivity index (χ3v) is 3.53. The summed E-state index contributed by atoms with van der Waals surface area (Å²) in [7, 11) is 3.47. The second-order valence-corrected chi connectivity index (χ2v) is 5.79. The summed E-state index contributed by atoms with van der Waals surface area (Å²) in [5.41, 5.74) is 3.45. The van der Waals surface area contributed by atoms with E-state index in [1.54, 1.807) is 19.0 Å². The normalized spacial score (nSPS) is 14.2. The molecule has 0 aromatic heterocycles. The highest BCUT2D eigenvalue weighted by atomic mass is 16.5. The number of hydrogen-bond donors (Lipinski definition) is 1. The average Bonchev–Trinajstić information content (AvgIpc) is 3.18. The summed E-state index contributed by atoms with van der Waals surface area (Å²) in [6.45, 7) is 5.06. The molecule has 1 saturated carbocycles. The van der Waals surface area contributed by atoms with Gasteiger partial charge in [-0.2, -0.15) is 0 Å². The summed E-state index contributed by atoms with van der Waals surface area (Å²) < 4.78 is 5.67. The number of ether oxygens (including phenoxy) is 1. The first-order valence-corrected chi connectivity index (χ1v) is 7.14. The van der Waals surface area contributed by atoms with Crippen LogP contribution in [0.4, 0.5) is 0 Å². The number of nitrogens with one attached hydrogen (secondary N) is 1. The number of aryl methyl sites for hydroxylation is 2. The number of nitrogens with zero attached hydrogens (tertiary/aromatic N) is 1. The summed E-state index contributed by atoms with van der Waals surface area (Å²) in [5.74, 6) is 0.804. The van der Waals surface area contributed by atoms with E-state index >= 15 is 0 Å². The van der Waals surface area contributed by atoms with Crippen molar-refractivity contribution in [2.75, 3.05) is 20.7 Å². The molecule has 20 heavy (non-hydrogen) atoms. The molecule has 1 N–H and O–H groups in total. The molecular formula is C16H24N2O2. The van der Waals surface area contributed by atoms with Crippen molar-refractivity contribution in [3.63, 3.8) is 0 Å². The van der Waals surface area contributed by atoms with Gasteiger partial charge in [0.2, 0.25) is 0 Å². The highest BCUT2D eigenvalue weighted by Crippen LogP contribution is 2.26. The van der Waals surface area contributed by atoms with Gasteiger partial charge in [0.25, 0.3) is 5.91 Å². The van der Waals surface area contributed by atoms with Crippen molar-refractivity contribution in [1.29, 1.82) is 0 Å². The summed E-state index contributed by atoms with van der Waals surface area (Å²) in [4.78, 5) is 13.1. The maximum Gasteiger partial charge on any atom is 0.259 e. The van der Waals surface area contributed by atoms with Crippen LogP contribution < -0.4 is 10.1 Å². The van der Waals surface area contributed by atoms with Crippen LogP contribution in [0.1, 0.15) is 29.5 Å². The van der Waals surface area contributed by atoms with Crippen LogP contribution in [0.2, 0.25) is 0 Å². The summed E-state index contributed by atoms with van der Waals surface area (Å²) in [6.07, 6.45) is 2.59. The lowest BCUT2D eigenvalue weighted by molar-refractivity contribution is -0.130. The van der Waals surface area contributed by atoms with E-state index in [-0.39, 0.29) is 12.5 Å². The fraction of sp³-hybridized carbons (Fsp3) is 0.562. The molecule has 4 nitrogen and oxygen atoms in total. The van der Waals surface area contributed by atoms with Crippen LogP contribution in [0.3, 0.4) is 0 Å². The van der Waals surface area contributed by atoms with Crippen LogP contribution in [0, 0.1) is 13.8 Å². The first-order chi connectivity index (χ1) is 9.47. The minimum absolute atomic E-state index is 0.0247. The lowest BCUT2D eigenvalue weighted by atomic mass is 10.1. The predicted molar refractivity (Wildman–Crippen MR) is 80.0 cm³/mol. The van der Waals surface area contributed by atoms with Crippen molar-refractivity contribution >= 4 is 5.91 Å². The molecule has 1 amide bonds. The van der Waals surface area contributed by atoms with Gasteiger partial charge in [-0.25, -0.2) is 0 Å². The second-order valence-electron chi connectivity index (χ2n) is 5.79. The van der Waals surface area contributed by atoms with Gasteiger partial charge in [-0.1, -0.05) is 12.1 Å². The van der Waals surface area contributed by atoms with Crippen molar-refractivity contribution in [3.05, 3.63) is 28.8 Å². The number of benzene rings is 1. The molecule has 110 valence electrons. The van der Waals surface area contributed by atoms with Gasteiger partial charge in [0.15, 0.2) is 6.61 Å². The fourth-order valence-electron chi connectivity index (χ4n) is 2.18. The first kappa shape index (κ1) is 14.9. The lowest BCUT2D eigenvalue weighted by Gasteiger charge is -2.16. The molecular weight excluding hydrogens is 252 g/mol. The van der Waals surface area contributed by atoms with Gasteiger partial charge in [0, 0.05) is 26.7 Å². The topological polar surface area (TPSA) is 41.6 Å². The molecule has 0 saturated heterocycles. The number of amides is 1. The Morgan fingerprint density at radius 3 is 2.40 bits per heavy atom. The number of rotatable bonds is 6. The summed E-state index contributed by atoms with van der Waals surface area (Å²) in [6, 6.07) is 4.99. The highest BCUT2D eigenvalue weighted by molar-refractivity contribution is 5.77. The molecule has 1 aromatic carbocycles. The Kier molecular flexibility index (Phi) is 4.65. The van der Waals surface area contributed by atoms with E-state index in [1.807, 2.05) is 13.8 Å². The van der Waals surface area contributed by atoms with Crippen molar-refractivity contribution in [2.24, 2.45) is 0 Å². The minimum atomic E-state index is -0.0247. The molecule has 0 bridgehead atoms. The van der Waals surface area contributed by atoms with Gasteiger partial charge >= 0.3 is 0 Å². The molecule has 0 atom stereocenters. The number of likely N-dealkylation sites (N-methyl/N-ethyl adjacent to an activating group) is 1. The van der Waals surface area contributed by atoms with Crippen molar-refractivity contribution in [2.45, 2.75) is 39.3 Å². The molecule has 1 fully saturated rings. The minimum Gasteiger partial charge on any atom is -0.483 e. The van der Waals surface area contributed by atoms with Gasteiger partial charge in [-0.3, -0.25) is 4.79 Å². The van der Waals surface area contributed by atoms with E-state index in [0.29, 0.717) is 6.04 Å². The summed E-state index contributed by atoms with van der Waals surface area (Å²) >= 11 is 0. The lowest BCUT2D eigenvalue weighted by Crippen LogP contribution is -2.27. The van der Waals surface area contributed by atoms with Crippen molar-refractivity contribution in [3.8, 4) is 5.75 Å². The zero-order valence-electron chi connectivity index (χ0n) is 12.8. The van der Waals surface area contributed by atoms with E-state index in [1.165, 1.54) is 18.4 Å². The molecule has 0 radical (unpaired) electrons. The largest absolute Gasteiger partial charge is 0.483 e. The Hall–Kier alpha value is -1.55. The van der Waals surface area contributed by atoms with Gasteiger partial charge in [0.05, 0.1) is 0 Å². The Balaban J connectivity index is 1.99. The SMILES string of the molecule is Cc1cc(CNC2CC2)cc(C)c1OCC(=O)N(C)C. The zero-order chi connectivity index (χ0) is 14.7.